The van der Waals surface area contributed by atoms with E-state index >= 15 is 0 Å². The zero-order chi connectivity index (χ0) is 78.6. The van der Waals surface area contributed by atoms with Gasteiger partial charge in [0.15, 0.2) is 0 Å². The molecule has 0 aliphatic carbocycles. The maximum absolute atomic E-state index is 14.7. The van der Waals surface area contributed by atoms with E-state index in [-0.39, 0.29) is 62.5 Å². The van der Waals surface area contributed by atoms with Crippen LogP contribution >= 0.6 is 0 Å². The summed E-state index contributed by atoms with van der Waals surface area (Å²) in [7, 11) is 0. The molecular formula is C100H74Ir2N6O8. The number of hydrogen-bond acceptors (Lipinski definition) is 14. The Morgan fingerprint density at radius 1 is 0.259 bits per heavy atom. The molecule has 0 aliphatic rings. The molecule has 0 N–H and O–H groups in total. The number of hydrogen-bond donors (Lipinski definition) is 0. The van der Waals surface area contributed by atoms with E-state index in [0.717, 1.165) is 123 Å². The van der Waals surface area contributed by atoms with Crippen molar-refractivity contribution in [3.63, 3.8) is 0 Å². The van der Waals surface area contributed by atoms with Crippen LogP contribution in [-0.4, -0.2) is 53.8 Å². The third kappa shape index (κ3) is 18.0. The summed E-state index contributed by atoms with van der Waals surface area (Å²) >= 11 is 0. The van der Waals surface area contributed by atoms with Gasteiger partial charge in [0.1, 0.15) is 0 Å². The van der Waals surface area contributed by atoms with Crippen molar-refractivity contribution >= 4 is 23.9 Å². The summed E-state index contributed by atoms with van der Waals surface area (Å²) in [6.45, 7) is 12.1. The Morgan fingerprint density at radius 3 is 0.750 bits per heavy atom. The molecule has 0 atom stereocenters. The van der Waals surface area contributed by atoms with E-state index in [1.54, 1.807) is 85.7 Å². The van der Waals surface area contributed by atoms with Gasteiger partial charge < -0.3 is 48.9 Å². The van der Waals surface area contributed by atoms with E-state index in [1.165, 1.54) is 12.1 Å². The molecule has 0 bridgehead atoms. The molecule has 0 saturated heterocycles. The molecule has 16 heteroatoms. The normalized spacial score (nSPS) is 10.9. The van der Waals surface area contributed by atoms with Gasteiger partial charge in [-0.25, -0.2) is 19.2 Å². The van der Waals surface area contributed by atoms with Crippen LogP contribution in [0.5, 0.6) is 23.0 Å². The SMILES string of the molecule is CCc1cc(-c2ccccn2)[c-]cc1OC(=O)c1cc(C(=O)Oc2c[c-]c(-c3ccccn3)cc2CC)cc(-c2ccccc2-c2c[c-]c(-c3cnc(-c4[c-]cc(-c5ccccc5-c5cc(C(=O)Oc6c[c-]c(-c7ccccn7)cc6CC)cc(C(=O)Oc6c[c-]c(-c7ccccn7)cc6CC)c5)c(CC)c4)cn3)cc2CC)c1.[Ir+3].[Ir+3]. The van der Waals surface area contributed by atoms with Crippen molar-refractivity contribution in [3.05, 3.63) is 360 Å². The number of rotatable bonds is 24. The van der Waals surface area contributed by atoms with Gasteiger partial charge in [-0.15, -0.1) is 154 Å². The van der Waals surface area contributed by atoms with Gasteiger partial charge >= 0.3 is 64.1 Å². The molecule has 0 unspecified atom stereocenters. The number of pyridine rings is 4. The third-order valence-corrected chi connectivity index (χ3v) is 20.0. The number of carbonyl (C=O) groups is 4. The predicted octanol–water partition coefficient (Wildman–Crippen LogP) is 21.8. The van der Waals surface area contributed by atoms with E-state index in [2.05, 4.69) is 82.3 Å². The topological polar surface area (TPSA) is 183 Å². The average Bonchev–Trinajstić information content (AvgIpc) is 0.780. The summed E-state index contributed by atoms with van der Waals surface area (Å²) in [5.41, 5.74) is 20.4. The van der Waals surface area contributed by atoms with Crippen molar-refractivity contribution in [3.8, 4) is 135 Å². The Balaban J connectivity index is 0.00000585. The van der Waals surface area contributed by atoms with Gasteiger partial charge in [0.2, 0.25) is 0 Å². The zero-order valence-electron chi connectivity index (χ0n) is 64.3. The van der Waals surface area contributed by atoms with Crippen molar-refractivity contribution in [2.45, 2.75) is 80.1 Å². The molecule has 5 aromatic heterocycles. The molecule has 0 fully saturated rings. The van der Waals surface area contributed by atoms with Crippen LogP contribution in [0.3, 0.4) is 0 Å². The van der Waals surface area contributed by atoms with Crippen LogP contribution < -0.4 is 18.9 Å². The van der Waals surface area contributed by atoms with Gasteiger partial charge in [-0.1, -0.05) is 183 Å². The fraction of sp³-hybridized carbons (Fsp3) is 0.120. The molecular weight excluding hydrogens is 1800 g/mol. The maximum Gasteiger partial charge on any atom is 3.00 e. The molecule has 0 aliphatic heterocycles. The van der Waals surface area contributed by atoms with E-state index in [1.807, 2.05) is 185 Å². The van der Waals surface area contributed by atoms with Gasteiger partial charge in [-0.05, 0) is 144 Å². The van der Waals surface area contributed by atoms with Crippen LogP contribution in [-0.2, 0) is 78.7 Å². The van der Waals surface area contributed by atoms with Crippen LogP contribution in [0.4, 0.5) is 0 Å². The largest absolute Gasteiger partial charge is 3.00 e. The second-order valence-electron chi connectivity index (χ2n) is 27.0. The van der Waals surface area contributed by atoms with E-state index in [4.69, 9.17) is 28.9 Å². The van der Waals surface area contributed by atoms with Crippen molar-refractivity contribution in [1.82, 2.24) is 29.9 Å². The predicted molar refractivity (Wildman–Crippen MR) is 442 cm³/mol. The Morgan fingerprint density at radius 2 is 0.500 bits per heavy atom. The molecule has 0 amide bonds. The fourth-order valence-corrected chi connectivity index (χ4v) is 13.9. The standard InChI is InChI=1S/C100H74N6O8.2Ir/c1-7-63-49-73(33-39-83(63)85-27-15-13-25-81(85)75-55-77(97(107)111-93-41-35-69(51-65(93)9-3)87-29-17-21-45-101-87)59-78(56-75)98(108)112-94-42-36-70(52-66(94)10-4)88-30-18-22-46-102-88)91-61-106-92(62-105-91)74-34-40-84(64(8-2)50-74)86-28-16-14-26-82(86)76-57-79(99(109)113-95-43-37-71(53-67(95)11-5)89-31-19-23-47-103-89)60-80(58-76)100(110)114-96-44-38-72(54-68(96)12-6)90-32-20-24-48-104-90;;/h13-32,39-62H,7-12H2,1-6H3;;/q-6;2*+3. The molecule has 0 saturated carbocycles. The van der Waals surface area contributed by atoms with Crippen LogP contribution in [0.15, 0.2) is 268 Å². The number of aromatic nitrogens is 6. The summed E-state index contributed by atoms with van der Waals surface area (Å²) in [5, 5.41) is 0. The molecule has 15 aromatic rings. The summed E-state index contributed by atoms with van der Waals surface area (Å²) in [6.07, 6.45) is 13.9. The Hall–Kier alpha value is -12.9. The summed E-state index contributed by atoms with van der Waals surface area (Å²) in [4.78, 5) is 86.6. The van der Waals surface area contributed by atoms with Crippen molar-refractivity contribution in [2.24, 2.45) is 0 Å². The Labute approximate surface area is 701 Å². The van der Waals surface area contributed by atoms with Gasteiger partial charge in [-0.2, -0.15) is 0 Å². The van der Waals surface area contributed by atoms with Crippen molar-refractivity contribution in [1.29, 1.82) is 0 Å². The van der Waals surface area contributed by atoms with Gasteiger partial charge in [0.25, 0.3) is 0 Å². The van der Waals surface area contributed by atoms with Crippen molar-refractivity contribution < 1.29 is 78.3 Å². The zero-order valence-corrected chi connectivity index (χ0v) is 69.1. The summed E-state index contributed by atoms with van der Waals surface area (Å²) in [6, 6.07) is 90.8. The molecule has 0 spiro atoms. The smallest absolute Gasteiger partial charge is 0.471 e. The first-order valence-electron chi connectivity index (χ1n) is 38.0. The van der Waals surface area contributed by atoms with E-state index in [0.29, 0.717) is 84.0 Å². The number of esters is 4. The Bertz CT molecular complexity index is 5490. The minimum Gasteiger partial charge on any atom is -0.471 e. The number of carbonyl (C=O) groups excluding carboxylic acids is 4. The molecule has 0 radical (unpaired) electrons. The number of benzene rings is 10. The first-order valence-corrected chi connectivity index (χ1v) is 38.0. The molecule has 10 aromatic carbocycles. The van der Waals surface area contributed by atoms with Gasteiger partial charge in [0.05, 0.1) is 45.3 Å². The minimum atomic E-state index is -0.671. The fourth-order valence-electron chi connectivity index (χ4n) is 13.9. The van der Waals surface area contributed by atoms with Crippen LogP contribution in [0, 0.1) is 36.4 Å². The molecule has 116 heavy (non-hydrogen) atoms. The summed E-state index contributed by atoms with van der Waals surface area (Å²) in [5.74, 6) is -1.33. The minimum absolute atomic E-state index is 0. The maximum atomic E-state index is 14.7. The number of aryl methyl sites for hydroxylation is 6. The number of ether oxygens (including phenoxy) is 4. The van der Waals surface area contributed by atoms with Gasteiger partial charge in [-0.3, -0.25) is 0 Å². The quantitative estimate of drug-likeness (QED) is 0.0316. The van der Waals surface area contributed by atoms with E-state index < -0.39 is 23.9 Å². The van der Waals surface area contributed by atoms with Gasteiger partial charge in [0, 0.05) is 48.6 Å². The van der Waals surface area contributed by atoms with Crippen LogP contribution in [0.1, 0.15) is 116 Å². The molecule has 14 nitrogen and oxygen atoms in total. The number of nitrogens with zero attached hydrogens (tertiary/aromatic N) is 6. The first-order chi connectivity index (χ1) is 55.8. The van der Waals surface area contributed by atoms with Crippen LogP contribution in [0.25, 0.3) is 112 Å². The summed E-state index contributed by atoms with van der Waals surface area (Å²) < 4.78 is 24.8. The molecule has 570 valence electrons. The van der Waals surface area contributed by atoms with Crippen LogP contribution in [0.2, 0.25) is 0 Å². The third-order valence-electron chi connectivity index (χ3n) is 20.0. The molecule has 5 heterocycles. The Kier molecular flexibility index (Phi) is 26.1. The van der Waals surface area contributed by atoms with Crippen molar-refractivity contribution in [2.75, 3.05) is 0 Å². The second kappa shape index (κ2) is 37.3. The second-order valence-corrected chi connectivity index (χ2v) is 27.0. The average molecular weight is 1870 g/mol. The molecule has 15 rings (SSSR count). The monoisotopic (exact) mass is 1870 g/mol. The first kappa shape index (κ1) is 81.1. The van der Waals surface area contributed by atoms with E-state index in [9.17, 15) is 19.2 Å².